The molecule has 2 aliphatic rings. The zero-order chi connectivity index (χ0) is 17.2. The van der Waals surface area contributed by atoms with Gasteiger partial charge in [0.15, 0.2) is 0 Å². The molecule has 0 aromatic heterocycles. The molecule has 7 heteroatoms. The lowest BCUT2D eigenvalue weighted by molar-refractivity contribution is 0.365. The van der Waals surface area contributed by atoms with E-state index in [9.17, 15) is 4.21 Å². The fourth-order valence-electron chi connectivity index (χ4n) is 3.31. The second-order valence-electron chi connectivity index (χ2n) is 6.73. The number of ether oxygens (including phenoxy) is 1. The molecule has 2 fully saturated rings. The van der Waals surface area contributed by atoms with Crippen LogP contribution in [0.3, 0.4) is 0 Å². The van der Waals surface area contributed by atoms with Crippen LogP contribution in [0, 0.1) is 0 Å². The molecule has 1 aromatic rings. The molecule has 6 nitrogen and oxygen atoms in total. The molecule has 24 heavy (non-hydrogen) atoms. The minimum absolute atomic E-state index is 0.229. The Kier molecular flexibility index (Phi) is 5.20. The van der Waals surface area contributed by atoms with Crippen LogP contribution in [0.25, 0.3) is 0 Å². The summed E-state index contributed by atoms with van der Waals surface area (Å²) in [5.41, 5.74) is 7.67. The molecule has 0 amide bonds. The highest BCUT2D eigenvalue weighted by atomic mass is 32.2. The van der Waals surface area contributed by atoms with Crippen molar-refractivity contribution in [3.63, 3.8) is 0 Å². The van der Waals surface area contributed by atoms with Gasteiger partial charge in [-0.05, 0) is 32.0 Å². The van der Waals surface area contributed by atoms with E-state index < -0.39 is 9.73 Å². The molecule has 0 atom stereocenters. The standard InChI is InChI=1S/C17H28N4O2S/c1-20-9-11-24(22,12-10-20)19-14-5-7-21(8-6-14)15-3-4-16(18)17(13-15)23-2/h3-4,13-14H,5-12,18H2,1-2H3. The number of benzene rings is 1. The number of methoxy groups -OCH3 is 1. The van der Waals surface area contributed by atoms with Gasteiger partial charge in [-0.3, -0.25) is 0 Å². The Morgan fingerprint density at radius 1 is 1.21 bits per heavy atom. The van der Waals surface area contributed by atoms with Crippen molar-refractivity contribution in [2.75, 3.05) is 62.5 Å². The molecule has 2 N–H and O–H groups in total. The van der Waals surface area contributed by atoms with Crippen LogP contribution in [0.4, 0.5) is 11.4 Å². The van der Waals surface area contributed by atoms with Crippen molar-refractivity contribution in [3.05, 3.63) is 18.2 Å². The lowest BCUT2D eigenvalue weighted by Crippen LogP contribution is -2.39. The first-order valence-corrected chi connectivity index (χ1v) is 10.4. The number of nitrogens with zero attached hydrogens (tertiary/aromatic N) is 3. The van der Waals surface area contributed by atoms with Gasteiger partial charge in [-0.25, -0.2) is 8.57 Å². The number of nitrogen functional groups attached to an aromatic ring is 1. The van der Waals surface area contributed by atoms with Gasteiger partial charge in [0.05, 0.1) is 18.8 Å². The number of anilines is 2. The second kappa shape index (κ2) is 7.19. The minimum atomic E-state index is -1.99. The lowest BCUT2D eigenvalue weighted by Gasteiger charge is -2.33. The lowest BCUT2D eigenvalue weighted by atomic mass is 10.1. The Hall–Kier alpha value is -1.47. The molecule has 134 valence electrons. The molecule has 0 radical (unpaired) electrons. The van der Waals surface area contributed by atoms with E-state index in [1.165, 1.54) is 0 Å². The van der Waals surface area contributed by atoms with Gasteiger partial charge >= 0.3 is 0 Å². The average Bonchev–Trinajstić information content (AvgIpc) is 2.59. The first kappa shape index (κ1) is 17.4. The second-order valence-corrected chi connectivity index (χ2v) is 9.31. The van der Waals surface area contributed by atoms with Crippen LogP contribution in [-0.4, -0.2) is 67.0 Å². The Balaban J connectivity index is 1.63. The van der Waals surface area contributed by atoms with Crippen molar-refractivity contribution >= 4 is 21.1 Å². The van der Waals surface area contributed by atoms with Crippen molar-refractivity contribution in [2.45, 2.75) is 18.9 Å². The van der Waals surface area contributed by atoms with E-state index in [1.807, 2.05) is 18.2 Å². The number of hydrogen-bond acceptors (Lipinski definition) is 6. The summed E-state index contributed by atoms with van der Waals surface area (Å²) in [4.78, 5) is 4.56. The normalized spacial score (nSPS) is 22.3. The molecular formula is C17H28N4O2S. The van der Waals surface area contributed by atoms with Crippen molar-refractivity contribution < 1.29 is 8.95 Å². The van der Waals surface area contributed by atoms with E-state index in [0.717, 1.165) is 56.2 Å². The maximum Gasteiger partial charge on any atom is 0.143 e. The van der Waals surface area contributed by atoms with Gasteiger partial charge < -0.3 is 20.3 Å². The Morgan fingerprint density at radius 2 is 1.88 bits per heavy atom. The van der Waals surface area contributed by atoms with Crippen molar-refractivity contribution in [2.24, 2.45) is 4.36 Å². The predicted octanol–water partition coefficient (Wildman–Crippen LogP) is 1.66. The molecule has 0 aliphatic carbocycles. The van der Waals surface area contributed by atoms with Crippen molar-refractivity contribution in [1.82, 2.24) is 4.90 Å². The van der Waals surface area contributed by atoms with E-state index >= 15 is 0 Å². The van der Waals surface area contributed by atoms with Crippen LogP contribution in [0.1, 0.15) is 12.8 Å². The predicted molar refractivity (Wildman–Crippen MR) is 100 cm³/mol. The number of nitrogens with two attached hydrogens (primary N) is 1. The van der Waals surface area contributed by atoms with Gasteiger partial charge in [0.1, 0.15) is 5.75 Å². The van der Waals surface area contributed by atoms with Crippen LogP contribution in [0.5, 0.6) is 5.75 Å². The Labute approximate surface area is 145 Å². The molecule has 1 aromatic carbocycles. The van der Waals surface area contributed by atoms with Gasteiger partial charge in [-0.1, -0.05) is 0 Å². The summed E-state index contributed by atoms with van der Waals surface area (Å²) in [5, 5.41) is 0. The first-order valence-electron chi connectivity index (χ1n) is 8.58. The molecule has 2 aliphatic heterocycles. The van der Waals surface area contributed by atoms with E-state index in [4.69, 9.17) is 14.8 Å². The highest BCUT2D eigenvalue weighted by molar-refractivity contribution is 7.93. The smallest absolute Gasteiger partial charge is 0.143 e. The molecule has 3 rings (SSSR count). The zero-order valence-corrected chi connectivity index (χ0v) is 15.4. The molecule has 0 bridgehead atoms. The van der Waals surface area contributed by atoms with Gasteiger partial charge in [0.2, 0.25) is 0 Å². The molecule has 0 unspecified atom stereocenters. The SMILES string of the molecule is COc1cc(N2CCC(N=S3(=O)CCN(C)CC3)CC2)ccc1N. The van der Waals surface area contributed by atoms with Gasteiger partial charge in [-0.15, -0.1) is 0 Å². The maximum absolute atomic E-state index is 12.9. The summed E-state index contributed by atoms with van der Waals surface area (Å²) in [5.74, 6) is 2.16. The maximum atomic E-state index is 12.9. The third kappa shape index (κ3) is 3.95. The summed E-state index contributed by atoms with van der Waals surface area (Å²) >= 11 is 0. The monoisotopic (exact) mass is 352 g/mol. The fourth-order valence-corrected chi connectivity index (χ4v) is 5.68. The van der Waals surface area contributed by atoms with Crippen LogP contribution in [0.15, 0.2) is 22.6 Å². The molecule has 2 saturated heterocycles. The Morgan fingerprint density at radius 3 is 2.50 bits per heavy atom. The summed E-state index contributed by atoms with van der Waals surface area (Å²) in [6.45, 7) is 3.64. The molecular weight excluding hydrogens is 324 g/mol. The minimum Gasteiger partial charge on any atom is -0.495 e. The van der Waals surface area contributed by atoms with Crippen LogP contribution in [-0.2, 0) is 9.73 Å². The van der Waals surface area contributed by atoms with Gasteiger partial charge in [0, 0.05) is 59.2 Å². The molecule has 0 saturated carbocycles. The van der Waals surface area contributed by atoms with Crippen molar-refractivity contribution in [1.29, 1.82) is 0 Å². The van der Waals surface area contributed by atoms with E-state index in [1.54, 1.807) is 7.11 Å². The van der Waals surface area contributed by atoms with E-state index in [0.29, 0.717) is 11.4 Å². The highest BCUT2D eigenvalue weighted by Gasteiger charge is 2.24. The topological polar surface area (TPSA) is 71.2 Å². The third-order valence-corrected chi connectivity index (χ3v) is 7.30. The number of rotatable bonds is 3. The first-order chi connectivity index (χ1) is 11.5. The highest BCUT2D eigenvalue weighted by Crippen LogP contribution is 2.29. The number of hydrogen-bond donors (Lipinski definition) is 1. The van der Waals surface area contributed by atoms with E-state index in [2.05, 4.69) is 16.8 Å². The van der Waals surface area contributed by atoms with Crippen molar-refractivity contribution in [3.8, 4) is 5.75 Å². The summed E-state index contributed by atoms with van der Waals surface area (Å²) < 4.78 is 22.9. The fraction of sp³-hybridized carbons (Fsp3) is 0.647. The summed E-state index contributed by atoms with van der Waals surface area (Å²) in [6.07, 6.45) is 1.92. The quantitative estimate of drug-likeness (QED) is 0.838. The van der Waals surface area contributed by atoms with Crippen LogP contribution >= 0.6 is 0 Å². The molecule has 2 heterocycles. The van der Waals surface area contributed by atoms with Crippen LogP contribution < -0.4 is 15.4 Å². The summed E-state index contributed by atoms with van der Waals surface area (Å²) in [7, 11) is 1.73. The van der Waals surface area contributed by atoms with Crippen LogP contribution in [0.2, 0.25) is 0 Å². The molecule has 0 spiro atoms. The largest absolute Gasteiger partial charge is 0.495 e. The van der Waals surface area contributed by atoms with Gasteiger partial charge in [-0.2, -0.15) is 0 Å². The summed E-state index contributed by atoms with van der Waals surface area (Å²) in [6, 6.07) is 6.14. The van der Waals surface area contributed by atoms with Gasteiger partial charge in [0.25, 0.3) is 0 Å². The Bertz CT molecular complexity index is 678. The average molecular weight is 353 g/mol. The van der Waals surface area contributed by atoms with E-state index in [-0.39, 0.29) is 6.04 Å². The third-order valence-electron chi connectivity index (χ3n) is 4.97. The zero-order valence-electron chi connectivity index (χ0n) is 14.6. The number of piperidine rings is 1.